The summed E-state index contributed by atoms with van der Waals surface area (Å²) in [6.07, 6.45) is 3.07. The van der Waals surface area contributed by atoms with E-state index in [2.05, 4.69) is 69.4 Å². The van der Waals surface area contributed by atoms with Crippen LogP contribution in [0.25, 0.3) is 0 Å². The Kier molecular flexibility index (Phi) is 11.7. The fraction of sp³-hybridized carbons (Fsp3) is 0.613. The molecule has 2 atom stereocenters. The van der Waals surface area contributed by atoms with Gasteiger partial charge in [0.15, 0.2) is 0 Å². The van der Waals surface area contributed by atoms with E-state index in [0.29, 0.717) is 19.2 Å². The van der Waals surface area contributed by atoms with Crippen molar-refractivity contribution in [2.45, 2.75) is 38.3 Å². The molecule has 2 saturated heterocycles. The molecule has 0 aliphatic carbocycles. The van der Waals surface area contributed by atoms with Crippen molar-refractivity contribution in [1.29, 1.82) is 0 Å². The van der Waals surface area contributed by atoms with Crippen LogP contribution in [0.3, 0.4) is 0 Å². The SMILES string of the molecule is CCC(NCC1CCN(CCOC)CC1)c1ccc(OCC(O)CN2CCN(c3ccccc3)CC2)cc1. The Hall–Kier alpha value is -2.16. The van der Waals surface area contributed by atoms with Crippen LogP contribution < -0.4 is 15.0 Å². The molecule has 7 nitrogen and oxygen atoms in total. The van der Waals surface area contributed by atoms with Crippen molar-refractivity contribution in [3.63, 3.8) is 0 Å². The quantitative estimate of drug-likeness (QED) is 0.391. The largest absolute Gasteiger partial charge is 0.491 e. The number of benzene rings is 2. The normalized spacial score (nSPS) is 19.4. The van der Waals surface area contributed by atoms with Gasteiger partial charge in [-0.25, -0.2) is 0 Å². The van der Waals surface area contributed by atoms with Gasteiger partial charge in [-0.15, -0.1) is 0 Å². The molecule has 2 aliphatic heterocycles. The number of aliphatic hydroxyl groups excluding tert-OH is 1. The number of para-hydroxylation sites is 1. The zero-order valence-electron chi connectivity index (χ0n) is 23.4. The average Bonchev–Trinajstić information content (AvgIpc) is 2.97. The van der Waals surface area contributed by atoms with E-state index >= 15 is 0 Å². The molecule has 2 fully saturated rings. The van der Waals surface area contributed by atoms with Crippen LogP contribution in [0.1, 0.15) is 37.8 Å². The molecule has 0 saturated carbocycles. The number of methoxy groups -OCH3 is 1. The van der Waals surface area contributed by atoms with Crippen LogP contribution in [0.5, 0.6) is 5.75 Å². The fourth-order valence-electron chi connectivity index (χ4n) is 5.61. The number of nitrogens with zero attached hydrogens (tertiary/aromatic N) is 3. The molecule has 7 heteroatoms. The minimum Gasteiger partial charge on any atom is -0.491 e. The number of piperazine rings is 1. The van der Waals surface area contributed by atoms with Crippen molar-refractivity contribution in [3.8, 4) is 5.75 Å². The number of hydrogen-bond acceptors (Lipinski definition) is 7. The lowest BCUT2D eigenvalue weighted by Crippen LogP contribution is -2.49. The predicted octanol–water partition coefficient (Wildman–Crippen LogP) is 3.65. The van der Waals surface area contributed by atoms with Gasteiger partial charge in [-0.2, -0.15) is 0 Å². The molecule has 2 N–H and O–H groups in total. The van der Waals surface area contributed by atoms with Gasteiger partial charge in [0.25, 0.3) is 0 Å². The van der Waals surface area contributed by atoms with E-state index in [4.69, 9.17) is 9.47 Å². The Morgan fingerprint density at radius 3 is 2.29 bits per heavy atom. The molecule has 38 heavy (non-hydrogen) atoms. The number of ether oxygens (including phenoxy) is 2. The summed E-state index contributed by atoms with van der Waals surface area (Å²) in [7, 11) is 1.78. The molecule has 2 aromatic rings. The average molecular weight is 525 g/mol. The lowest BCUT2D eigenvalue weighted by atomic mass is 9.95. The first kappa shape index (κ1) is 28.8. The molecular weight excluding hydrogens is 476 g/mol. The standard InChI is InChI=1S/C31H48N4O3/c1-3-31(32-23-26-13-15-33(16-14-26)21-22-37-2)27-9-11-30(12-10-27)38-25-29(36)24-34-17-19-35(20-18-34)28-7-5-4-6-8-28/h4-12,26,29,31-32,36H,3,13-25H2,1-2H3. The van der Waals surface area contributed by atoms with Gasteiger partial charge in [-0.3, -0.25) is 4.90 Å². The zero-order valence-corrected chi connectivity index (χ0v) is 23.4. The molecule has 4 rings (SSSR count). The highest BCUT2D eigenvalue weighted by atomic mass is 16.5. The van der Waals surface area contributed by atoms with E-state index in [-0.39, 0.29) is 0 Å². The van der Waals surface area contributed by atoms with E-state index in [1.165, 1.54) is 37.2 Å². The first-order valence-corrected chi connectivity index (χ1v) is 14.5. The number of likely N-dealkylation sites (tertiary alicyclic amines) is 1. The first-order chi connectivity index (χ1) is 18.6. The number of rotatable bonds is 14. The van der Waals surface area contributed by atoms with Crippen LogP contribution >= 0.6 is 0 Å². The predicted molar refractivity (Wildman–Crippen MR) is 155 cm³/mol. The molecule has 0 aromatic heterocycles. The van der Waals surface area contributed by atoms with Crippen LogP contribution in [0.15, 0.2) is 54.6 Å². The number of hydrogen-bond donors (Lipinski definition) is 2. The van der Waals surface area contributed by atoms with E-state index in [1.54, 1.807) is 7.11 Å². The highest BCUT2D eigenvalue weighted by molar-refractivity contribution is 5.46. The number of β-amino-alcohol motifs (C(OH)–C–C–N with tert-alkyl or cyclic N) is 1. The summed E-state index contributed by atoms with van der Waals surface area (Å²) in [6, 6.07) is 19.3. The van der Waals surface area contributed by atoms with Gasteiger partial charge in [-0.05, 0) is 74.6 Å². The summed E-state index contributed by atoms with van der Waals surface area (Å²) in [5.74, 6) is 1.56. The van der Waals surface area contributed by atoms with E-state index in [1.807, 2.05) is 12.1 Å². The Labute approximate surface area is 229 Å². The van der Waals surface area contributed by atoms with Crippen LogP contribution in [0.4, 0.5) is 5.69 Å². The monoisotopic (exact) mass is 524 g/mol. The van der Waals surface area contributed by atoms with Gasteiger partial charge in [0.2, 0.25) is 0 Å². The smallest absolute Gasteiger partial charge is 0.119 e. The molecule has 2 heterocycles. The van der Waals surface area contributed by atoms with Crippen LogP contribution in [-0.4, -0.2) is 100 Å². The van der Waals surface area contributed by atoms with Crippen molar-refractivity contribution in [2.75, 3.05) is 84.1 Å². The van der Waals surface area contributed by atoms with Gasteiger partial charge >= 0.3 is 0 Å². The number of aliphatic hydroxyl groups is 1. The number of nitrogens with one attached hydrogen (secondary N) is 1. The van der Waals surface area contributed by atoms with E-state index < -0.39 is 6.10 Å². The van der Waals surface area contributed by atoms with E-state index in [0.717, 1.165) is 64.0 Å². The van der Waals surface area contributed by atoms with Crippen molar-refractivity contribution in [1.82, 2.24) is 15.1 Å². The minimum atomic E-state index is -0.496. The van der Waals surface area contributed by atoms with Crippen molar-refractivity contribution in [3.05, 3.63) is 60.2 Å². The third-order valence-electron chi connectivity index (χ3n) is 8.07. The minimum absolute atomic E-state index is 0.316. The molecule has 0 amide bonds. The Bertz CT molecular complexity index is 897. The lowest BCUT2D eigenvalue weighted by molar-refractivity contribution is 0.0663. The summed E-state index contributed by atoms with van der Waals surface area (Å²) >= 11 is 0. The second-order valence-electron chi connectivity index (χ2n) is 10.8. The van der Waals surface area contributed by atoms with Gasteiger partial charge in [0.1, 0.15) is 18.5 Å². The second-order valence-corrected chi connectivity index (χ2v) is 10.8. The van der Waals surface area contributed by atoms with E-state index in [9.17, 15) is 5.11 Å². The summed E-state index contributed by atoms with van der Waals surface area (Å²) in [6.45, 7) is 12.4. The molecule has 0 bridgehead atoms. The summed E-state index contributed by atoms with van der Waals surface area (Å²) in [4.78, 5) is 7.25. The Balaban J connectivity index is 1.13. The highest BCUT2D eigenvalue weighted by Crippen LogP contribution is 2.23. The van der Waals surface area contributed by atoms with Crippen molar-refractivity contribution in [2.24, 2.45) is 5.92 Å². The Morgan fingerprint density at radius 2 is 1.63 bits per heavy atom. The number of piperidine rings is 1. The zero-order chi connectivity index (χ0) is 26.6. The maximum atomic E-state index is 10.6. The fourth-order valence-corrected chi connectivity index (χ4v) is 5.61. The molecule has 2 aromatic carbocycles. The first-order valence-electron chi connectivity index (χ1n) is 14.5. The van der Waals surface area contributed by atoms with Crippen LogP contribution in [0.2, 0.25) is 0 Å². The van der Waals surface area contributed by atoms with Crippen LogP contribution in [0, 0.1) is 5.92 Å². The third-order valence-corrected chi connectivity index (χ3v) is 8.07. The lowest BCUT2D eigenvalue weighted by Gasteiger charge is -2.36. The number of anilines is 1. The van der Waals surface area contributed by atoms with Crippen molar-refractivity contribution < 1.29 is 14.6 Å². The molecular formula is C31H48N4O3. The van der Waals surface area contributed by atoms with Crippen molar-refractivity contribution >= 4 is 5.69 Å². The third kappa shape index (κ3) is 8.95. The molecule has 2 unspecified atom stereocenters. The summed E-state index contributed by atoms with van der Waals surface area (Å²) in [5.41, 5.74) is 2.58. The Morgan fingerprint density at radius 1 is 0.921 bits per heavy atom. The maximum absolute atomic E-state index is 10.6. The highest BCUT2D eigenvalue weighted by Gasteiger charge is 2.21. The maximum Gasteiger partial charge on any atom is 0.119 e. The van der Waals surface area contributed by atoms with Crippen LogP contribution in [-0.2, 0) is 4.74 Å². The summed E-state index contributed by atoms with van der Waals surface area (Å²) in [5, 5.41) is 14.4. The van der Waals surface area contributed by atoms with Gasteiger partial charge in [0, 0.05) is 58.1 Å². The molecule has 210 valence electrons. The molecule has 0 radical (unpaired) electrons. The topological polar surface area (TPSA) is 60.4 Å². The molecule has 0 spiro atoms. The second kappa shape index (κ2) is 15.4. The molecule has 2 aliphatic rings. The summed E-state index contributed by atoms with van der Waals surface area (Å²) < 4.78 is 11.2. The van der Waals surface area contributed by atoms with Gasteiger partial charge in [-0.1, -0.05) is 37.3 Å². The van der Waals surface area contributed by atoms with Gasteiger partial charge in [0.05, 0.1) is 6.61 Å². The van der Waals surface area contributed by atoms with Gasteiger partial charge < -0.3 is 29.7 Å².